The highest BCUT2D eigenvalue weighted by molar-refractivity contribution is 7.86. The van der Waals surface area contributed by atoms with Gasteiger partial charge in [0.05, 0.1) is 18.1 Å². The molecule has 0 unspecified atom stereocenters. The van der Waals surface area contributed by atoms with Gasteiger partial charge in [0.1, 0.15) is 0 Å². The molecule has 0 saturated heterocycles. The van der Waals surface area contributed by atoms with Crippen LogP contribution in [0.2, 0.25) is 18.1 Å². The fourth-order valence-corrected chi connectivity index (χ4v) is 4.97. The van der Waals surface area contributed by atoms with E-state index in [1.807, 2.05) is 13.8 Å². The smallest absolute Gasteiger partial charge is 0.296 e. The van der Waals surface area contributed by atoms with Gasteiger partial charge in [-0.05, 0) is 50.0 Å². The van der Waals surface area contributed by atoms with Crippen molar-refractivity contribution in [3.8, 4) is 0 Å². The number of carbonyl (C=O) groups is 1. The van der Waals surface area contributed by atoms with E-state index >= 15 is 0 Å². The second-order valence-electron chi connectivity index (χ2n) is 9.05. The van der Waals surface area contributed by atoms with E-state index in [2.05, 4.69) is 33.9 Å². The molecule has 0 spiro atoms. The van der Waals surface area contributed by atoms with E-state index < -0.39 is 18.4 Å². The van der Waals surface area contributed by atoms with E-state index in [0.29, 0.717) is 25.9 Å². The molecule has 0 heterocycles. The monoisotopic (exact) mass is 444 g/mol. The first-order chi connectivity index (χ1) is 13.3. The Kier molecular flexibility index (Phi) is 9.52. The largest absolute Gasteiger partial charge is 0.468 e. The first kappa shape index (κ1) is 25.8. The summed E-state index contributed by atoms with van der Waals surface area (Å²) in [6.45, 7) is 15.4. The van der Waals surface area contributed by atoms with Gasteiger partial charge in [-0.3, -0.25) is 8.98 Å². The normalized spacial score (nSPS) is 15.0. The Labute approximate surface area is 177 Å². The van der Waals surface area contributed by atoms with Gasteiger partial charge in [-0.15, -0.1) is 0 Å². The Hall–Kier alpha value is -1.22. The minimum atomic E-state index is -3.82. The average Bonchev–Trinajstić information content (AvgIpc) is 2.61. The number of aryl methyl sites for hydroxylation is 1. The predicted molar refractivity (Wildman–Crippen MR) is 117 cm³/mol. The molecule has 0 amide bonds. The standard InChI is InChI=1S/C21H36O6SSi/c1-17-10-12-19(13-11-17)28(23,24)26-15-18(2)20(9-8-14-25-16-22)27-29(6,7)21(3,4)5/h10-13,16,18,20H,8-9,14-15H2,1-7H3/t18-,20-/m0/s1. The van der Waals surface area contributed by atoms with Crippen LogP contribution < -0.4 is 0 Å². The van der Waals surface area contributed by atoms with E-state index in [1.165, 1.54) is 0 Å². The summed E-state index contributed by atoms with van der Waals surface area (Å²) in [5.74, 6) is -0.138. The molecule has 0 bridgehead atoms. The Morgan fingerprint density at radius 1 is 1.14 bits per heavy atom. The van der Waals surface area contributed by atoms with Crippen LogP contribution in [0.4, 0.5) is 0 Å². The Morgan fingerprint density at radius 2 is 1.72 bits per heavy atom. The lowest BCUT2D eigenvalue weighted by Crippen LogP contribution is -2.46. The molecule has 1 aromatic rings. The SMILES string of the molecule is Cc1ccc(S(=O)(=O)OC[C@H](C)[C@H](CCCOC=O)O[Si](C)(C)C(C)(C)C)cc1. The Morgan fingerprint density at radius 3 is 2.24 bits per heavy atom. The van der Waals surface area contributed by atoms with Crippen LogP contribution in [-0.4, -0.2) is 42.5 Å². The first-order valence-electron chi connectivity index (χ1n) is 9.99. The quantitative estimate of drug-likeness (QED) is 0.202. The lowest BCUT2D eigenvalue weighted by Gasteiger charge is -2.41. The molecule has 1 aromatic carbocycles. The summed E-state index contributed by atoms with van der Waals surface area (Å²) in [6, 6.07) is 6.59. The van der Waals surface area contributed by atoms with Crippen molar-refractivity contribution in [2.75, 3.05) is 13.2 Å². The van der Waals surface area contributed by atoms with Crippen molar-refractivity contribution in [3.63, 3.8) is 0 Å². The van der Waals surface area contributed by atoms with Crippen molar-refractivity contribution < 1.29 is 26.6 Å². The molecule has 29 heavy (non-hydrogen) atoms. The second kappa shape index (κ2) is 10.7. The summed E-state index contributed by atoms with van der Waals surface area (Å²) >= 11 is 0. The molecule has 8 heteroatoms. The molecule has 0 aliphatic carbocycles. The third-order valence-electron chi connectivity index (χ3n) is 5.50. The lowest BCUT2D eigenvalue weighted by atomic mass is 10.0. The molecule has 6 nitrogen and oxygen atoms in total. The van der Waals surface area contributed by atoms with Gasteiger partial charge in [0.25, 0.3) is 16.6 Å². The van der Waals surface area contributed by atoms with Crippen LogP contribution in [0.15, 0.2) is 29.2 Å². The minimum Gasteiger partial charge on any atom is -0.468 e. The summed E-state index contributed by atoms with van der Waals surface area (Å²) < 4.78 is 41.7. The van der Waals surface area contributed by atoms with Gasteiger partial charge >= 0.3 is 0 Å². The Bertz CT molecular complexity index is 737. The van der Waals surface area contributed by atoms with Crippen LogP contribution in [0, 0.1) is 12.8 Å². The zero-order valence-electron chi connectivity index (χ0n) is 18.7. The van der Waals surface area contributed by atoms with E-state index in [1.54, 1.807) is 24.3 Å². The summed E-state index contributed by atoms with van der Waals surface area (Å²) in [6.07, 6.45) is 1.13. The summed E-state index contributed by atoms with van der Waals surface area (Å²) in [5.41, 5.74) is 0.984. The third-order valence-corrected chi connectivity index (χ3v) is 11.3. The van der Waals surface area contributed by atoms with E-state index in [9.17, 15) is 13.2 Å². The van der Waals surface area contributed by atoms with Gasteiger partial charge in [0, 0.05) is 12.0 Å². The molecule has 2 atom stereocenters. The molecule has 0 aliphatic heterocycles. The maximum Gasteiger partial charge on any atom is 0.296 e. The topological polar surface area (TPSA) is 78.9 Å². The van der Waals surface area contributed by atoms with Crippen LogP contribution in [0.5, 0.6) is 0 Å². The maximum atomic E-state index is 12.5. The fraction of sp³-hybridized carbons (Fsp3) is 0.667. The van der Waals surface area contributed by atoms with Crippen molar-refractivity contribution in [2.24, 2.45) is 5.92 Å². The highest BCUT2D eigenvalue weighted by atomic mass is 32.2. The number of carbonyl (C=O) groups excluding carboxylic acids is 1. The molecule has 166 valence electrons. The summed E-state index contributed by atoms with van der Waals surface area (Å²) in [7, 11) is -5.88. The maximum absolute atomic E-state index is 12.5. The molecule has 0 radical (unpaired) electrons. The van der Waals surface area contributed by atoms with Crippen LogP contribution in [0.1, 0.15) is 46.1 Å². The van der Waals surface area contributed by atoms with E-state index in [4.69, 9.17) is 13.3 Å². The molecular weight excluding hydrogens is 408 g/mol. The van der Waals surface area contributed by atoms with Gasteiger partial charge < -0.3 is 9.16 Å². The number of ether oxygens (including phenoxy) is 1. The summed E-state index contributed by atoms with van der Waals surface area (Å²) in [5, 5.41) is 0.0269. The second-order valence-corrected chi connectivity index (χ2v) is 15.4. The first-order valence-corrected chi connectivity index (χ1v) is 14.3. The molecule has 0 N–H and O–H groups in total. The number of benzene rings is 1. The molecule has 1 rings (SSSR count). The van der Waals surface area contributed by atoms with Crippen molar-refractivity contribution in [3.05, 3.63) is 29.8 Å². The molecule has 0 fully saturated rings. The predicted octanol–water partition coefficient (Wildman–Crippen LogP) is 4.68. The highest BCUT2D eigenvalue weighted by Gasteiger charge is 2.40. The van der Waals surface area contributed by atoms with Crippen LogP contribution in [-0.2, 0) is 28.3 Å². The fourth-order valence-electron chi connectivity index (χ4n) is 2.51. The third kappa shape index (κ3) is 8.20. The summed E-state index contributed by atoms with van der Waals surface area (Å²) in [4.78, 5) is 10.5. The van der Waals surface area contributed by atoms with Gasteiger partial charge in [0.15, 0.2) is 8.32 Å². The van der Waals surface area contributed by atoms with E-state index in [-0.39, 0.29) is 28.6 Å². The van der Waals surface area contributed by atoms with Crippen molar-refractivity contribution in [1.29, 1.82) is 0 Å². The number of hydrogen-bond donors (Lipinski definition) is 0. The van der Waals surface area contributed by atoms with Gasteiger partial charge in [0.2, 0.25) is 0 Å². The number of hydrogen-bond acceptors (Lipinski definition) is 6. The lowest BCUT2D eigenvalue weighted by molar-refractivity contribution is -0.128. The van der Waals surface area contributed by atoms with Crippen LogP contribution >= 0.6 is 0 Å². The zero-order valence-corrected chi connectivity index (χ0v) is 20.5. The minimum absolute atomic E-state index is 0.0269. The van der Waals surface area contributed by atoms with Crippen molar-refractivity contribution in [1.82, 2.24) is 0 Å². The molecule has 0 aromatic heterocycles. The van der Waals surface area contributed by atoms with Crippen molar-refractivity contribution >= 4 is 24.9 Å². The van der Waals surface area contributed by atoms with Crippen LogP contribution in [0.25, 0.3) is 0 Å². The van der Waals surface area contributed by atoms with E-state index in [0.717, 1.165) is 5.56 Å². The Balaban J connectivity index is 2.85. The highest BCUT2D eigenvalue weighted by Crippen LogP contribution is 2.38. The molecular formula is C21H36O6SSi. The van der Waals surface area contributed by atoms with Crippen molar-refractivity contribution in [2.45, 2.75) is 76.6 Å². The van der Waals surface area contributed by atoms with Crippen LogP contribution in [0.3, 0.4) is 0 Å². The molecule has 0 aliphatic rings. The molecule has 0 saturated carbocycles. The zero-order chi connectivity index (χ0) is 22.3. The van der Waals surface area contributed by atoms with Gasteiger partial charge in [-0.1, -0.05) is 45.4 Å². The van der Waals surface area contributed by atoms with Gasteiger partial charge in [-0.25, -0.2) is 0 Å². The average molecular weight is 445 g/mol. The van der Waals surface area contributed by atoms with Gasteiger partial charge in [-0.2, -0.15) is 8.42 Å². The number of rotatable bonds is 12.